The summed E-state index contributed by atoms with van der Waals surface area (Å²) in [5.41, 5.74) is 0.976. The number of nitrogens with zero attached hydrogens (tertiary/aromatic N) is 2. The van der Waals surface area contributed by atoms with E-state index in [4.69, 9.17) is 9.84 Å². The first-order chi connectivity index (χ1) is 9.06. The highest BCUT2D eigenvalue weighted by atomic mass is 16.5. The summed E-state index contributed by atoms with van der Waals surface area (Å²) in [5.74, 6) is -0.569. The minimum atomic E-state index is -0.975. The van der Waals surface area contributed by atoms with Gasteiger partial charge in [-0.2, -0.15) is 0 Å². The van der Waals surface area contributed by atoms with Crippen molar-refractivity contribution < 1.29 is 14.6 Å². The molecule has 1 fully saturated rings. The number of hydrogen-bond acceptors (Lipinski definition) is 5. The summed E-state index contributed by atoms with van der Waals surface area (Å²) in [6, 6.07) is 3.26. The van der Waals surface area contributed by atoms with Crippen LogP contribution in [0.2, 0.25) is 0 Å². The molecule has 19 heavy (non-hydrogen) atoms. The number of likely N-dealkylation sites (N-methyl/N-ethyl adjacent to an activating group) is 1. The van der Waals surface area contributed by atoms with Gasteiger partial charge >= 0.3 is 5.97 Å². The van der Waals surface area contributed by atoms with E-state index in [-0.39, 0.29) is 11.7 Å². The van der Waals surface area contributed by atoms with Gasteiger partial charge in [0.05, 0.1) is 12.7 Å². The first kappa shape index (κ1) is 13.8. The van der Waals surface area contributed by atoms with Crippen LogP contribution in [0.15, 0.2) is 12.1 Å². The molecule has 104 valence electrons. The van der Waals surface area contributed by atoms with Gasteiger partial charge in [-0.3, -0.25) is 0 Å². The molecule has 0 radical (unpaired) electrons. The fourth-order valence-corrected chi connectivity index (χ4v) is 2.06. The lowest BCUT2D eigenvalue weighted by Crippen LogP contribution is -2.43. The second-order valence-corrected chi connectivity index (χ2v) is 4.79. The molecule has 1 aromatic rings. The highest BCUT2D eigenvalue weighted by molar-refractivity contribution is 5.93. The van der Waals surface area contributed by atoms with Crippen molar-refractivity contribution in [2.45, 2.75) is 13.0 Å². The van der Waals surface area contributed by atoms with E-state index in [9.17, 15) is 4.79 Å². The van der Waals surface area contributed by atoms with E-state index in [1.54, 1.807) is 12.1 Å². The smallest absolute Gasteiger partial charge is 0.339 e. The molecule has 2 heterocycles. The van der Waals surface area contributed by atoms with Gasteiger partial charge in [-0.15, -0.1) is 0 Å². The summed E-state index contributed by atoms with van der Waals surface area (Å²) in [7, 11) is 2.04. The Hall–Kier alpha value is -1.66. The summed E-state index contributed by atoms with van der Waals surface area (Å²) in [4.78, 5) is 17.5. The summed E-state index contributed by atoms with van der Waals surface area (Å²) in [6.07, 6.45) is 0.0581. The van der Waals surface area contributed by atoms with Crippen LogP contribution in [0.5, 0.6) is 0 Å². The van der Waals surface area contributed by atoms with Crippen molar-refractivity contribution in [2.75, 3.05) is 38.6 Å². The highest BCUT2D eigenvalue weighted by Gasteiger charge is 2.19. The van der Waals surface area contributed by atoms with Gasteiger partial charge in [0.2, 0.25) is 0 Å². The van der Waals surface area contributed by atoms with Gasteiger partial charge < -0.3 is 20.1 Å². The molecule has 0 saturated carbocycles. The number of aryl methyl sites for hydroxylation is 1. The van der Waals surface area contributed by atoms with Crippen LogP contribution < -0.4 is 5.32 Å². The van der Waals surface area contributed by atoms with E-state index in [0.717, 1.165) is 18.8 Å². The van der Waals surface area contributed by atoms with E-state index in [1.807, 2.05) is 14.0 Å². The summed E-state index contributed by atoms with van der Waals surface area (Å²) < 4.78 is 5.62. The monoisotopic (exact) mass is 265 g/mol. The van der Waals surface area contributed by atoms with Crippen LogP contribution in [-0.4, -0.2) is 60.4 Å². The van der Waals surface area contributed by atoms with E-state index < -0.39 is 5.97 Å². The van der Waals surface area contributed by atoms with Crippen LogP contribution in [0.3, 0.4) is 0 Å². The van der Waals surface area contributed by atoms with Gasteiger partial charge in [0, 0.05) is 25.3 Å². The Balaban J connectivity index is 2.02. The van der Waals surface area contributed by atoms with Crippen molar-refractivity contribution in [1.82, 2.24) is 9.88 Å². The van der Waals surface area contributed by atoms with Crippen molar-refractivity contribution in [3.63, 3.8) is 0 Å². The molecule has 0 spiro atoms. The van der Waals surface area contributed by atoms with Gasteiger partial charge in [0.25, 0.3) is 0 Å². The fraction of sp³-hybridized carbons (Fsp3) is 0.538. The standard InChI is InChI=1S/C13H19N3O3/c1-9-3-4-11(13(17)18)12(15-9)14-7-10-8-16(2)5-6-19-10/h3-4,10H,5-8H2,1-2H3,(H,14,15)(H,17,18). The third kappa shape index (κ3) is 3.65. The van der Waals surface area contributed by atoms with Crippen LogP contribution in [0.4, 0.5) is 5.82 Å². The normalized spacial score (nSPS) is 20.2. The minimum absolute atomic E-state index is 0.0581. The molecule has 1 atom stereocenters. The molecule has 1 unspecified atom stereocenters. The SMILES string of the molecule is Cc1ccc(C(=O)O)c(NCC2CN(C)CCO2)n1. The third-order valence-corrected chi connectivity index (χ3v) is 3.10. The number of rotatable bonds is 4. The Morgan fingerprint density at radius 3 is 3.11 bits per heavy atom. The summed E-state index contributed by atoms with van der Waals surface area (Å²) in [6.45, 7) is 4.86. The van der Waals surface area contributed by atoms with E-state index in [2.05, 4.69) is 15.2 Å². The number of carboxylic acids is 1. The molecule has 1 aromatic heterocycles. The first-order valence-corrected chi connectivity index (χ1v) is 6.31. The third-order valence-electron chi connectivity index (χ3n) is 3.10. The number of nitrogens with one attached hydrogen (secondary N) is 1. The molecule has 6 nitrogen and oxygen atoms in total. The van der Waals surface area contributed by atoms with Crippen molar-refractivity contribution in [3.8, 4) is 0 Å². The van der Waals surface area contributed by atoms with Crippen LogP contribution >= 0.6 is 0 Å². The second kappa shape index (κ2) is 5.99. The van der Waals surface area contributed by atoms with Crippen LogP contribution in [-0.2, 0) is 4.74 Å². The van der Waals surface area contributed by atoms with Crippen LogP contribution in [0, 0.1) is 6.92 Å². The van der Waals surface area contributed by atoms with E-state index >= 15 is 0 Å². The maximum absolute atomic E-state index is 11.1. The van der Waals surface area contributed by atoms with Crippen molar-refractivity contribution in [3.05, 3.63) is 23.4 Å². The predicted octanol–water partition coefficient (Wildman–Crippen LogP) is 0.831. The molecule has 0 amide bonds. The number of morpholine rings is 1. The number of pyridine rings is 1. The van der Waals surface area contributed by atoms with Gasteiger partial charge in [-0.05, 0) is 26.1 Å². The quantitative estimate of drug-likeness (QED) is 0.840. The first-order valence-electron chi connectivity index (χ1n) is 6.31. The van der Waals surface area contributed by atoms with Gasteiger partial charge in [0.15, 0.2) is 0 Å². The van der Waals surface area contributed by atoms with Crippen LogP contribution in [0.1, 0.15) is 16.1 Å². The number of ether oxygens (including phenoxy) is 1. The molecule has 1 saturated heterocycles. The number of carboxylic acid groups (broad SMARTS) is 1. The Labute approximate surface area is 112 Å². The second-order valence-electron chi connectivity index (χ2n) is 4.79. The summed E-state index contributed by atoms with van der Waals surface area (Å²) in [5, 5.41) is 12.2. The zero-order valence-electron chi connectivity index (χ0n) is 11.2. The molecular weight excluding hydrogens is 246 g/mol. The zero-order chi connectivity index (χ0) is 13.8. The minimum Gasteiger partial charge on any atom is -0.478 e. The Bertz CT molecular complexity index is 464. The Morgan fingerprint density at radius 1 is 1.63 bits per heavy atom. The van der Waals surface area contributed by atoms with E-state index in [1.165, 1.54) is 0 Å². The number of aromatic nitrogens is 1. The molecule has 0 aliphatic carbocycles. The summed E-state index contributed by atoms with van der Waals surface area (Å²) >= 11 is 0. The van der Waals surface area contributed by atoms with Gasteiger partial charge in [-0.25, -0.2) is 9.78 Å². The zero-order valence-corrected chi connectivity index (χ0v) is 11.2. The lowest BCUT2D eigenvalue weighted by Gasteiger charge is -2.30. The fourth-order valence-electron chi connectivity index (χ4n) is 2.06. The van der Waals surface area contributed by atoms with Crippen LogP contribution in [0.25, 0.3) is 0 Å². The molecule has 2 N–H and O–H groups in total. The number of aromatic carboxylic acids is 1. The predicted molar refractivity (Wildman–Crippen MR) is 71.7 cm³/mol. The molecule has 1 aliphatic heterocycles. The van der Waals surface area contributed by atoms with Crippen molar-refractivity contribution >= 4 is 11.8 Å². The molecular formula is C13H19N3O3. The molecule has 2 rings (SSSR count). The van der Waals surface area contributed by atoms with Crippen molar-refractivity contribution in [2.24, 2.45) is 0 Å². The largest absolute Gasteiger partial charge is 0.478 e. The van der Waals surface area contributed by atoms with Crippen molar-refractivity contribution in [1.29, 1.82) is 0 Å². The van der Waals surface area contributed by atoms with E-state index in [0.29, 0.717) is 19.0 Å². The lowest BCUT2D eigenvalue weighted by molar-refractivity contribution is -0.0117. The number of hydrogen-bond donors (Lipinski definition) is 2. The molecule has 6 heteroatoms. The molecule has 0 bridgehead atoms. The van der Waals surface area contributed by atoms with Gasteiger partial charge in [0.1, 0.15) is 11.4 Å². The molecule has 0 aromatic carbocycles. The lowest BCUT2D eigenvalue weighted by atomic mass is 10.2. The topological polar surface area (TPSA) is 74.7 Å². The number of anilines is 1. The maximum atomic E-state index is 11.1. The average Bonchev–Trinajstić information content (AvgIpc) is 2.36. The van der Waals surface area contributed by atoms with Gasteiger partial charge in [-0.1, -0.05) is 0 Å². The average molecular weight is 265 g/mol. The Morgan fingerprint density at radius 2 is 2.42 bits per heavy atom. The highest BCUT2D eigenvalue weighted by Crippen LogP contribution is 2.14. The Kier molecular flexibility index (Phi) is 4.34. The maximum Gasteiger partial charge on any atom is 0.339 e. The molecule has 1 aliphatic rings. The number of carbonyl (C=O) groups is 1.